The number of methoxy groups -OCH3 is 1. The van der Waals surface area contributed by atoms with Crippen LogP contribution < -0.4 is 14.9 Å². The Hall–Kier alpha value is -2.89. The Balaban J connectivity index is 1.90. The normalized spacial score (nSPS) is 26.8. The van der Waals surface area contributed by atoms with Gasteiger partial charge in [-0.1, -0.05) is 12.1 Å². The largest absolute Gasteiger partial charge is 0.502 e. The highest BCUT2D eigenvalue weighted by Gasteiger charge is 2.45. The van der Waals surface area contributed by atoms with Crippen LogP contribution in [0.3, 0.4) is 0 Å². The third-order valence-electron chi connectivity index (χ3n) is 5.07. The van der Waals surface area contributed by atoms with E-state index in [0.717, 1.165) is 0 Å². The van der Waals surface area contributed by atoms with Crippen LogP contribution in [-0.2, 0) is 4.74 Å². The standard InChI is InChI=1S/C20H20O10/c1-27-11-6-10-13(14(22)8-4-2-3-5-9(8)28-10)19(16(11)24)30-20-18(26)17(25)15(23)12(7-21)29-20/h2-6,12,15,17-18,20-21,23-26H,7H2,1H3/t12-,15-,17+,18-,20-/m1/s1. The zero-order valence-electron chi connectivity index (χ0n) is 15.8. The monoisotopic (exact) mass is 420 g/mol. The lowest BCUT2D eigenvalue weighted by atomic mass is 9.99. The molecule has 2 aromatic carbocycles. The summed E-state index contributed by atoms with van der Waals surface area (Å²) in [5.74, 6) is -1.02. The van der Waals surface area contributed by atoms with Crippen molar-refractivity contribution in [1.82, 2.24) is 0 Å². The molecule has 4 rings (SSSR count). The quantitative estimate of drug-likeness (QED) is 0.359. The van der Waals surface area contributed by atoms with Gasteiger partial charge in [0.2, 0.25) is 17.5 Å². The lowest BCUT2D eigenvalue weighted by Gasteiger charge is -2.39. The number of hydrogen-bond donors (Lipinski definition) is 5. The lowest BCUT2D eigenvalue weighted by molar-refractivity contribution is -0.277. The molecular weight excluding hydrogens is 400 g/mol. The second-order valence-electron chi connectivity index (χ2n) is 6.87. The SMILES string of the molecule is COc1cc2oc3ccccc3c(=O)c2c(O[C@H]2O[C@H](CO)[C@@H](O)[C@H](O)[C@H]2O)c1O. The first-order chi connectivity index (χ1) is 14.4. The first kappa shape index (κ1) is 20.4. The van der Waals surface area contributed by atoms with Crippen LogP contribution in [0.4, 0.5) is 0 Å². The summed E-state index contributed by atoms with van der Waals surface area (Å²) in [6, 6.07) is 7.80. The van der Waals surface area contributed by atoms with E-state index in [2.05, 4.69) is 0 Å². The first-order valence-corrected chi connectivity index (χ1v) is 9.10. The Morgan fingerprint density at radius 2 is 1.80 bits per heavy atom. The molecule has 0 saturated carbocycles. The fraction of sp³-hybridized carbons (Fsp3) is 0.350. The Bertz CT molecular complexity index is 1140. The summed E-state index contributed by atoms with van der Waals surface area (Å²) in [5.41, 5.74) is -0.154. The maximum absolute atomic E-state index is 13.1. The molecule has 3 aromatic rings. The van der Waals surface area contributed by atoms with Crippen LogP contribution in [0.5, 0.6) is 17.2 Å². The van der Waals surface area contributed by atoms with Crippen molar-refractivity contribution in [1.29, 1.82) is 0 Å². The van der Waals surface area contributed by atoms with Gasteiger partial charge < -0.3 is 44.2 Å². The highest BCUT2D eigenvalue weighted by molar-refractivity contribution is 5.96. The van der Waals surface area contributed by atoms with Gasteiger partial charge in [0.15, 0.2) is 11.5 Å². The first-order valence-electron chi connectivity index (χ1n) is 9.10. The number of aliphatic hydroxyl groups is 4. The van der Waals surface area contributed by atoms with Crippen LogP contribution in [0.1, 0.15) is 0 Å². The zero-order chi connectivity index (χ0) is 21.6. The Labute approximate surface area is 169 Å². The number of para-hydroxylation sites is 1. The number of phenolic OH excluding ortho intramolecular Hbond substituents is 1. The second kappa shape index (κ2) is 7.74. The van der Waals surface area contributed by atoms with E-state index in [4.69, 9.17) is 18.6 Å². The van der Waals surface area contributed by atoms with E-state index < -0.39 is 54.2 Å². The van der Waals surface area contributed by atoms with Crippen LogP contribution in [0.2, 0.25) is 0 Å². The number of hydrogen-bond acceptors (Lipinski definition) is 10. The number of ether oxygens (including phenoxy) is 3. The average molecular weight is 420 g/mol. The fourth-order valence-corrected chi connectivity index (χ4v) is 3.44. The predicted molar refractivity (Wildman–Crippen MR) is 103 cm³/mol. The number of aromatic hydroxyl groups is 1. The van der Waals surface area contributed by atoms with Crippen molar-refractivity contribution in [2.45, 2.75) is 30.7 Å². The zero-order valence-corrected chi connectivity index (χ0v) is 15.8. The van der Waals surface area contributed by atoms with Gasteiger partial charge in [0.25, 0.3) is 0 Å². The van der Waals surface area contributed by atoms with Crippen molar-refractivity contribution >= 4 is 21.9 Å². The highest BCUT2D eigenvalue weighted by atomic mass is 16.7. The summed E-state index contributed by atoms with van der Waals surface area (Å²) in [4.78, 5) is 13.1. The number of benzene rings is 2. The molecule has 30 heavy (non-hydrogen) atoms. The van der Waals surface area contributed by atoms with Crippen LogP contribution in [0.15, 0.2) is 39.5 Å². The Morgan fingerprint density at radius 3 is 2.50 bits per heavy atom. The summed E-state index contributed by atoms with van der Waals surface area (Å²) >= 11 is 0. The van der Waals surface area contributed by atoms with Crippen LogP contribution >= 0.6 is 0 Å². The van der Waals surface area contributed by atoms with E-state index in [1.807, 2.05) is 0 Å². The number of aliphatic hydroxyl groups excluding tert-OH is 4. The smallest absolute Gasteiger partial charge is 0.229 e. The topological polar surface area (TPSA) is 159 Å². The summed E-state index contributed by atoms with van der Waals surface area (Å²) in [7, 11) is 1.29. The van der Waals surface area contributed by atoms with Crippen molar-refractivity contribution in [3.05, 3.63) is 40.6 Å². The van der Waals surface area contributed by atoms with Crippen LogP contribution in [-0.4, -0.2) is 70.0 Å². The minimum atomic E-state index is -1.74. The van der Waals surface area contributed by atoms with Gasteiger partial charge in [-0.25, -0.2) is 0 Å². The molecule has 0 bridgehead atoms. The van der Waals surface area contributed by atoms with E-state index in [9.17, 15) is 30.3 Å². The number of fused-ring (bicyclic) bond motifs is 2. The summed E-state index contributed by atoms with van der Waals surface area (Å²) in [6.45, 7) is -0.664. The van der Waals surface area contributed by atoms with Crippen LogP contribution in [0, 0.1) is 0 Å². The van der Waals surface area contributed by atoms with Crippen molar-refractivity contribution in [2.75, 3.05) is 13.7 Å². The van der Waals surface area contributed by atoms with Gasteiger partial charge in [-0.05, 0) is 12.1 Å². The predicted octanol–water partition coefficient (Wildman–Crippen LogP) is -0.161. The molecule has 0 amide bonds. The molecule has 10 heteroatoms. The molecule has 0 spiro atoms. The molecule has 1 fully saturated rings. The summed E-state index contributed by atoms with van der Waals surface area (Å²) in [6.07, 6.45) is -7.88. The van der Waals surface area contributed by atoms with Gasteiger partial charge in [0, 0.05) is 6.07 Å². The maximum atomic E-state index is 13.1. The second-order valence-corrected chi connectivity index (χ2v) is 6.87. The fourth-order valence-electron chi connectivity index (χ4n) is 3.44. The molecule has 5 atom stereocenters. The molecule has 2 heterocycles. The Kier molecular flexibility index (Phi) is 5.26. The van der Waals surface area contributed by atoms with Crippen LogP contribution in [0.25, 0.3) is 21.9 Å². The highest BCUT2D eigenvalue weighted by Crippen LogP contribution is 2.43. The summed E-state index contributed by atoms with van der Waals surface area (Å²) in [5, 5.41) is 50.2. The molecule has 0 unspecified atom stereocenters. The minimum Gasteiger partial charge on any atom is -0.502 e. The van der Waals surface area contributed by atoms with Crippen molar-refractivity contribution in [2.24, 2.45) is 0 Å². The molecular formula is C20H20O10. The average Bonchev–Trinajstić information content (AvgIpc) is 2.75. The molecule has 5 N–H and O–H groups in total. The molecule has 0 aliphatic carbocycles. The van der Waals surface area contributed by atoms with Gasteiger partial charge in [0.05, 0.1) is 19.1 Å². The van der Waals surface area contributed by atoms with Gasteiger partial charge in [-0.15, -0.1) is 0 Å². The number of rotatable bonds is 4. The lowest BCUT2D eigenvalue weighted by Crippen LogP contribution is -2.60. The molecule has 1 aliphatic heterocycles. The maximum Gasteiger partial charge on any atom is 0.229 e. The minimum absolute atomic E-state index is 0.0490. The number of phenols is 1. The third kappa shape index (κ3) is 3.15. The van der Waals surface area contributed by atoms with E-state index in [1.165, 1.54) is 13.2 Å². The third-order valence-corrected chi connectivity index (χ3v) is 5.07. The van der Waals surface area contributed by atoms with Gasteiger partial charge in [0.1, 0.15) is 41.0 Å². The van der Waals surface area contributed by atoms with Crippen molar-refractivity contribution < 1.29 is 44.2 Å². The van der Waals surface area contributed by atoms with Gasteiger partial charge in [-0.2, -0.15) is 0 Å². The van der Waals surface area contributed by atoms with Crippen molar-refractivity contribution in [3.8, 4) is 17.2 Å². The van der Waals surface area contributed by atoms with E-state index in [1.54, 1.807) is 24.3 Å². The molecule has 160 valence electrons. The Morgan fingerprint density at radius 1 is 1.07 bits per heavy atom. The van der Waals surface area contributed by atoms with Gasteiger partial charge >= 0.3 is 0 Å². The van der Waals surface area contributed by atoms with E-state index in [-0.39, 0.29) is 22.1 Å². The van der Waals surface area contributed by atoms with Crippen molar-refractivity contribution in [3.63, 3.8) is 0 Å². The molecule has 0 radical (unpaired) electrons. The van der Waals surface area contributed by atoms with E-state index >= 15 is 0 Å². The molecule has 1 aromatic heterocycles. The van der Waals surface area contributed by atoms with Gasteiger partial charge in [-0.3, -0.25) is 4.79 Å². The molecule has 10 nitrogen and oxygen atoms in total. The van der Waals surface area contributed by atoms with E-state index in [0.29, 0.717) is 5.58 Å². The summed E-state index contributed by atoms with van der Waals surface area (Å²) < 4.78 is 21.8. The molecule has 1 saturated heterocycles. The molecule has 1 aliphatic rings.